The fraction of sp³-hybridized carbons (Fsp3) is 0.696. The van der Waals surface area contributed by atoms with Crippen LogP contribution in [0.5, 0.6) is 5.75 Å². The normalized spacial score (nSPS) is 35.5. The molecule has 1 heterocycles. The molecule has 3 aliphatic carbocycles. The maximum Gasteiger partial charge on any atom is 0.134 e. The molecule has 4 heteroatoms. The summed E-state index contributed by atoms with van der Waals surface area (Å²) in [4.78, 5) is 15.5. The summed E-state index contributed by atoms with van der Waals surface area (Å²) in [6.45, 7) is 4.78. The molecule has 0 unspecified atom stereocenters. The Labute approximate surface area is 169 Å². The highest BCUT2D eigenvalue weighted by Crippen LogP contribution is 2.57. The van der Waals surface area contributed by atoms with E-state index in [0.717, 1.165) is 43.9 Å². The van der Waals surface area contributed by atoms with Crippen molar-refractivity contribution in [2.75, 3.05) is 20.2 Å². The number of ketones is 1. The van der Waals surface area contributed by atoms with E-state index in [-0.39, 0.29) is 17.8 Å². The fourth-order valence-corrected chi connectivity index (χ4v) is 6.76. The quantitative estimate of drug-likeness (QED) is 0.767. The number of hydrogen-bond donors (Lipinski definition) is 0. The number of Topliss-reactive ketones (excluding diaryl/α,β-unsaturated/α-hetero) is 1. The van der Waals surface area contributed by atoms with Crippen molar-refractivity contribution in [2.45, 2.75) is 63.3 Å². The minimum Gasteiger partial charge on any atom is -0.497 e. The number of nitrogens with zero attached hydrogens (tertiary/aromatic N) is 1. The van der Waals surface area contributed by atoms with Gasteiger partial charge in [-0.2, -0.15) is 0 Å². The lowest BCUT2D eigenvalue weighted by molar-refractivity contribution is -0.131. The maximum absolute atomic E-state index is 12.7. The molecule has 2 bridgehead atoms. The third kappa shape index (κ3) is 2.93. The molecule has 3 fully saturated rings. The van der Waals surface area contributed by atoms with E-state index in [1.165, 1.54) is 36.9 Å². The van der Waals surface area contributed by atoms with Crippen molar-refractivity contribution < 1.29 is 9.53 Å². The molecule has 1 aromatic carbocycles. The first-order chi connectivity index (χ1) is 12.6. The number of carbonyl (C=O) groups excluding carboxylic acids is 1. The van der Waals surface area contributed by atoms with Crippen LogP contribution in [0.15, 0.2) is 18.2 Å². The van der Waals surface area contributed by atoms with E-state index in [2.05, 4.69) is 30.0 Å². The standard InChI is InChI=1S/C23H31NO2.ClH/c1-15-10-18(25)13-23-8-9-24(14-16-4-3-5-16)21(22(15)23)11-17-6-7-19(26-2)12-20(17)23;/h6-7,12,15-16,21-22H,3-5,8-11,13-14H2,1-2H3;1H/t15-,21-,22+,23-;/m1./s1. The van der Waals surface area contributed by atoms with Gasteiger partial charge >= 0.3 is 0 Å². The lowest BCUT2D eigenvalue weighted by Crippen LogP contribution is -2.64. The number of methoxy groups -OCH3 is 1. The van der Waals surface area contributed by atoms with Crippen molar-refractivity contribution in [3.8, 4) is 5.75 Å². The van der Waals surface area contributed by atoms with Crippen LogP contribution in [-0.4, -0.2) is 36.9 Å². The van der Waals surface area contributed by atoms with Crippen LogP contribution >= 0.6 is 12.4 Å². The van der Waals surface area contributed by atoms with Crippen LogP contribution in [0.2, 0.25) is 0 Å². The first kappa shape index (κ1) is 19.3. The summed E-state index contributed by atoms with van der Waals surface area (Å²) < 4.78 is 5.55. The summed E-state index contributed by atoms with van der Waals surface area (Å²) in [7, 11) is 1.75. The number of fused-ring (bicyclic) bond motifs is 1. The Morgan fingerprint density at radius 3 is 2.78 bits per heavy atom. The monoisotopic (exact) mass is 389 g/mol. The van der Waals surface area contributed by atoms with Gasteiger partial charge < -0.3 is 4.74 Å². The van der Waals surface area contributed by atoms with E-state index in [9.17, 15) is 4.79 Å². The SMILES string of the molecule is COc1ccc2c(c1)[C@]13CCN(CC4CCC4)[C@H](C2)[C@@H]1[C@H](C)CC(=O)C3.Cl. The van der Waals surface area contributed by atoms with Crippen LogP contribution < -0.4 is 4.74 Å². The van der Waals surface area contributed by atoms with Gasteiger partial charge in [-0.3, -0.25) is 9.69 Å². The second kappa shape index (κ2) is 7.08. The topological polar surface area (TPSA) is 29.5 Å². The van der Waals surface area contributed by atoms with Crippen LogP contribution in [0, 0.1) is 17.8 Å². The average molecular weight is 390 g/mol. The zero-order valence-electron chi connectivity index (χ0n) is 16.6. The summed E-state index contributed by atoms with van der Waals surface area (Å²) in [6.07, 6.45) is 8.06. The van der Waals surface area contributed by atoms with Gasteiger partial charge in [-0.05, 0) is 73.2 Å². The van der Waals surface area contributed by atoms with E-state index in [0.29, 0.717) is 23.7 Å². The highest BCUT2D eigenvalue weighted by molar-refractivity contribution is 5.85. The maximum atomic E-state index is 12.7. The molecule has 27 heavy (non-hydrogen) atoms. The van der Waals surface area contributed by atoms with Crippen molar-refractivity contribution in [2.24, 2.45) is 17.8 Å². The van der Waals surface area contributed by atoms with Crippen LogP contribution in [0.3, 0.4) is 0 Å². The van der Waals surface area contributed by atoms with Gasteiger partial charge in [-0.1, -0.05) is 19.4 Å². The molecule has 4 atom stereocenters. The largest absolute Gasteiger partial charge is 0.497 e. The Morgan fingerprint density at radius 1 is 1.26 bits per heavy atom. The van der Waals surface area contributed by atoms with Crippen LogP contribution in [0.25, 0.3) is 0 Å². The summed E-state index contributed by atoms with van der Waals surface area (Å²) in [5.41, 5.74) is 2.95. The van der Waals surface area contributed by atoms with Gasteiger partial charge in [-0.25, -0.2) is 0 Å². The number of likely N-dealkylation sites (tertiary alicyclic amines) is 1. The van der Waals surface area contributed by atoms with E-state index < -0.39 is 0 Å². The molecule has 1 aromatic rings. The second-order valence-corrected chi connectivity index (χ2v) is 9.42. The van der Waals surface area contributed by atoms with Crippen molar-refractivity contribution in [1.82, 2.24) is 4.90 Å². The van der Waals surface area contributed by atoms with Gasteiger partial charge in [0, 0.05) is 30.8 Å². The van der Waals surface area contributed by atoms with Crippen molar-refractivity contribution in [1.29, 1.82) is 0 Å². The lowest BCUT2D eigenvalue weighted by atomic mass is 9.49. The second-order valence-electron chi connectivity index (χ2n) is 9.42. The number of rotatable bonds is 3. The van der Waals surface area contributed by atoms with Gasteiger partial charge in [-0.15, -0.1) is 12.4 Å². The van der Waals surface area contributed by atoms with Gasteiger partial charge in [0.1, 0.15) is 11.5 Å². The minimum absolute atomic E-state index is 0. The minimum atomic E-state index is 0. The van der Waals surface area contributed by atoms with Crippen LogP contribution in [-0.2, 0) is 16.6 Å². The number of benzene rings is 1. The van der Waals surface area contributed by atoms with E-state index in [1.54, 1.807) is 7.11 Å². The number of piperidine rings is 1. The Bertz CT molecular complexity index is 731. The lowest BCUT2D eigenvalue weighted by Gasteiger charge is -2.61. The molecule has 3 nitrogen and oxygen atoms in total. The molecule has 0 N–H and O–H groups in total. The third-order valence-corrected chi connectivity index (χ3v) is 8.04. The van der Waals surface area contributed by atoms with E-state index >= 15 is 0 Å². The molecule has 5 rings (SSSR count). The Kier molecular flexibility index (Phi) is 5.05. The van der Waals surface area contributed by atoms with Crippen molar-refractivity contribution in [3.05, 3.63) is 29.3 Å². The Balaban J connectivity index is 0.00000180. The number of ether oxygens (including phenoxy) is 1. The van der Waals surface area contributed by atoms with Gasteiger partial charge in [0.25, 0.3) is 0 Å². The number of carbonyl (C=O) groups is 1. The van der Waals surface area contributed by atoms with Gasteiger partial charge in [0.05, 0.1) is 7.11 Å². The average Bonchev–Trinajstić information content (AvgIpc) is 2.58. The zero-order chi connectivity index (χ0) is 17.9. The molecule has 0 amide bonds. The molecule has 4 aliphatic rings. The highest BCUT2D eigenvalue weighted by Gasteiger charge is 2.58. The molecule has 0 radical (unpaired) electrons. The van der Waals surface area contributed by atoms with Crippen molar-refractivity contribution in [3.63, 3.8) is 0 Å². The first-order valence-corrected chi connectivity index (χ1v) is 10.5. The van der Waals surface area contributed by atoms with Crippen LogP contribution in [0.4, 0.5) is 0 Å². The molecular weight excluding hydrogens is 358 g/mol. The summed E-state index contributed by atoms with van der Waals surface area (Å²) >= 11 is 0. The molecule has 0 aromatic heterocycles. The predicted molar refractivity (Wildman–Crippen MR) is 110 cm³/mol. The fourth-order valence-electron chi connectivity index (χ4n) is 6.76. The molecular formula is C23H32ClNO2. The van der Waals surface area contributed by atoms with Gasteiger partial charge in [0.2, 0.25) is 0 Å². The summed E-state index contributed by atoms with van der Waals surface area (Å²) in [5.74, 6) is 3.44. The van der Waals surface area contributed by atoms with Crippen LogP contribution in [0.1, 0.15) is 56.6 Å². The van der Waals surface area contributed by atoms with Crippen molar-refractivity contribution >= 4 is 18.2 Å². The molecule has 1 aliphatic heterocycles. The Hall–Kier alpha value is -1.06. The molecule has 0 spiro atoms. The van der Waals surface area contributed by atoms with E-state index in [1.807, 2.05) is 0 Å². The molecule has 148 valence electrons. The molecule has 2 saturated carbocycles. The predicted octanol–water partition coefficient (Wildman–Crippen LogP) is 4.40. The zero-order valence-corrected chi connectivity index (χ0v) is 17.4. The highest BCUT2D eigenvalue weighted by atomic mass is 35.5. The third-order valence-electron chi connectivity index (χ3n) is 8.04. The number of halogens is 1. The van der Waals surface area contributed by atoms with E-state index in [4.69, 9.17) is 4.74 Å². The first-order valence-electron chi connectivity index (χ1n) is 10.5. The Morgan fingerprint density at radius 2 is 2.07 bits per heavy atom. The number of hydrogen-bond acceptors (Lipinski definition) is 3. The smallest absolute Gasteiger partial charge is 0.134 e. The van der Waals surface area contributed by atoms with Gasteiger partial charge in [0.15, 0.2) is 0 Å². The molecule has 1 saturated heterocycles. The summed E-state index contributed by atoms with van der Waals surface area (Å²) in [6, 6.07) is 7.25. The summed E-state index contributed by atoms with van der Waals surface area (Å²) in [5, 5.41) is 0.